The summed E-state index contributed by atoms with van der Waals surface area (Å²) < 4.78 is 0.507. The van der Waals surface area contributed by atoms with Crippen molar-refractivity contribution < 1.29 is 9.90 Å². The van der Waals surface area contributed by atoms with Crippen LogP contribution < -0.4 is 10.2 Å². The number of nitrogens with zero attached hydrogens (tertiary/aromatic N) is 2. The second kappa shape index (κ2) is 7.40. The van der Waals surface area contributed by atoms with E-state index in [9.17, 15) is 9.90 Å². The molecule has 1 aliphatic heterocycles. The zero-order chi connectivity index (χ0) is 17.1. The van der Waals surface area contributed by atoms with Crippen LogP contribution in [0.25, 0.3) is 0 Å². The summed E-state index contributed by atoms with van der Waals surface area (Å²) in [5.74, 6) is -0.185. The van der Waals surface area contributed by atoms with Gasteiger partial charge in [-0.3, -0.25) is 0 Å². The summed E-state index contributed by atoms with van der Waals surface area (Å²) in [5, 5.41) is 12.8. The van der Waals surface area contributed by atoms with Crippen molar-refractivity contribution >= 4 is 40.3 Å². The highest BCUT2D eigenvalue weighted by molar-refractivity contribution is 7.15. The highest BCUT2D eigenvalue weighted by atomic mass is 35.5. The molecule has 0 radical (unpaired) electrons. The van der Waals surface area contributed by atoms with Crippen molar-refractivity contribution in [3.63, 3.8) is 0 Å². The normalized spacial score (nSPS) is 15.5. The highest BCUT2D eigenvalue weighted by Gasteiger charge is 2.21. The van der Waals surface area contributed by atoms with Crippen molar-refractivity contribution in [1.29, 1.82) is 0 Å². The van der Waals surface area contributed by atoms with E-state index < -0.39 is 5.97 Å². The summed E-state index contributed by atoms with van der Waals surface area (Å²) in [6.07, 6.45) is 3.93. The fourth-order valence-electron chi connectivity index (χ4n) is 2.90. The highest BCUT2D eigenvalue weighted by Crippen LogP contribution is 2.29. The van der Waals surface area contributed by atoms with Gasteiger partial charge in [-0.15, -0.1) is 11.3 Å². The number of aromatic carboxylic acids is 1. The van der Waals surface area contributed by atoms with Gasteiger partial charge in [0.1, 0.15) is 0 Å². The van der Waals surface area contributed by atoms with E-state index in [2.05, 4.69) is 22.1 Å². The number of carboxylic acids is 1. The molecule has 128 valence electrons. The molecule has 2 N–H and O–H groups in total. The third-order valence-corrected chi connectivity index (χ3v) is 5.46. The van der Waals surface area contributed by atoms with E-state index in [-0.39, 0.29) is 0 Å². The molecule has 0 bridgehead atoms. The van der Waals surface area contributed by atoms with E-state index in [0.717, 1.165) is 42.2 Å². The van der Waals surface area contributed by atoms with Gasteiger partial charge >= 0.3 is 5.97 Å². The number of thiazole rings is 1. The Bertz CT molecular complexity index is 726. The zero-order valence-electron chi connectivity index (χ0n) is 13.5. The minimum atomic E-state index is -0.895. The van der Waals surface area contributed by atoms with Gasteiger partial charge in [-0.05, 0) is 37.0 Å². The fraction of sp³-hybridized carbons (Fsp3) is 0.412. The number of halogens is 1. The van der Waals surface area contributed by atoms with Crippen molar-refractivity contribution in [2.75, 3.05) is 23.3 Å². The van der Waals surface area contributed by atoms with Gasteiger partial charge in [-0.2, -0.15) is 0 Å². The van der Waals surface area contributed by atoms with E-state index >= 15 is 0 Å². The van der Waals surface area contributed by atoms with Gasteiger partial charge in [0, 0.05) is 29.9 Å². The van der Waals surface area contributed by atoms with Crippen LogP contribution in [0.15, 0.2) is 24.4 Å². The Kier molecular flexibility index (Phi) is 5.26. The summed E-state index contributed by atoms with van der Waals surface area (Å²) in [6, 6.07) is 5.54. The molecule has 1 saturated heterocycles. The van der Waals surface area contributed by atoms with Crippen LogP contribution in [0.4, 0.5) is 11.4 Å². The molecule has 0 saturated carbocycles. The summed E-state index contributed by atoms with van der Waals surface area (Å²) in [5.41, 5.74) is 1.93. The van der Waals surface area contributed by atoms with Crippen LogP contribution in [0.5, 0.6) is 0 Å². The van der Waals surface area contributed by atoms with E-state index in [4.69, 9.17) is 11.6 Å². The van der Waals surface area contributed by atoms with Gasteiger partial charge in [0.05, 0.1) is 17.8 Å². The maximum absolute atomic E-state index is 11.7. The number of carboxylic acid groups (broad SMARTS) is 1. The molecule has 2 aromatic rings. The van der Waals surface area contributed by atoms with Gasteiger partial charge in [0.15, 0.2) is 4.47 Å². The maximum Gasteiger partial charge on any atom is 0.337 e. The standard InChI is InChI=1S/C17H20ClN3O2S/c1-11-4-6-21(7-5-11)15-3-2-12(8-14(15)16(22)23)19-9-13-10-20-17(18)24-13/h2-3,8,10-11,19H,4-7,9H2,1H3,(H,22,23). The molecule has 0 spiro atoms. The minimum absolute atomic E-state index is 0.344. The number of carbonyl (C=O) groups is 1. The van der Waals surface area contributed by atoms with E-state index in [0.29, 0.717) is 22.5 Å². The average Bonchev–Trinajstić information content (AvgIpc) is 2.99. The topological polar surface area (TPSA) is 65.5 Å². The second-order valence-electron chi connectivity index (χ2n) is 6.14. The largest absolute Gasteiger partial charge is 0.478 e. The Morgan fingerprint density at radius 2 is 2.21 bits per heavy atom. The van der Waals surface area contributed by atoms with Crippen molar-refractivity contribution in [1.82, 2.24) is 4.98 Å². The number of rotatable bonds is 5. The van der Waals surface area contributed by atoms with Crippen molar-refractivity contribution in [3.8, 4) is 0 Å². The van der Waals surface area contributed by atoms with E-state index in [1.807, 2.05) is 12.1 Å². The molecule has 0 aliphatic carbocycles. The molecule has 0 amide bonds. The van der Waals surface area contributed by atoms with Crippen molar-refractivity contribution in [2.45, 2.75) is 26.3 Å². The number of benzene rings is 1. The van der Waals surface area contributed by atoms with Crippen LogP contribution in [0.1, 0.15) is 35.0 Å². The lowest BCUT2D eigenvalue weighted by Gasteiger charge is -2.33. The second-order valence-corrected chi connectivity index (χ2v) is 7.84. The predicted molar refractivity (Wildman–Crippen MR) is 98.5 cm³/mol. The van der Waals surface area contributed by atoms with Crippen molar-refractivity contribution in [3.05, 3.63) is 39.3 Å². The minimum Gasteiger partial charge on any atom is -0.478 e. The maximum atomic E-state index is 11.7. The summed E-state index contributed by atoms with van der Waals surface area (Å²) in [6.45, 7) is 4.64. The molecule has 3 rings (SSSR count). The van der Waals surface area contributed by atoms with Crippen LogP contribution in [-0.2, 0) is 6.54 Å². The first kappa shape index (κ1) is 17.0. The first-order chi connectivity index (χ1) is 11.5. The molecule has 1 aromatic heterocycles. The number of aromatic nitrogens is 1. The lowest BCUT2D eigenvalue weighted by Crippen LogP contribution is -2.33. The summed E-state index contributed by atoms with van der Waals surface area (Å²) >= 11 is 7.23. The van der Waals surface area contributed by atoms with Crippen LogP contribution in [0.3, 0.4) is 0 Å². The van der Waals surface area contributed by atoms with E-state index in [1.165, 1.54) is 11.3 Å². The molecule has 0 atom stereocenters. The molecule has 5 nitrogen and oxygen atoms in total. The third kappa shape index (κ3) is 3.99. The first-order valence-corrected chi connectivity index (χ1v) is 9.18. The number of anilines is 2. The first-order valence-electron chi connectivity index (χ1n) is 7.99. The lowest BCUT2D eigenvalue weighted by molar-refractivity contribution is 0.0697. The van der Waals surface area contributed by atoms with Gasteiger partial charge in [0.25, 0.3) is 0 Å². The molecule has 2 heterocycles. The van der Waals surface area contributed by atoms with Crippen LogP contribution in [0, 0.1) is 5.92 Å². The number of nitrogens with one attached hydrogen (secondary N) is 1. The van der Waals surface area contributed by atoms with Crippen LogP contribution in [-0.4, -0.2) is 29.1 Å². The third-order valence-electron chi connectivity index (χ3n) is 4.34. The Morgan fingerprint density at radius 3 is 2.83 bits per heavy atom. The lowest BCUT2D eigenvalue weighted by atomic mass is 9.98. The quantitative estimate of drug-likeness (QED) is 0.824. The molecule has 24 heavy (non-hydrogen) atoms. The number of hydrogen-bond donors (Lipinski definition) is 2. The number of piperidine rings is 1. The van der Waals surface area contributed by atoms with Gasteiger partial charge in [-0.1, -0.05) is 18.5 Å². The molecule has 7 heteroatoms. The zero-order valence-corrected chi connectivity index (χ0v) is 15.0. The number of hydrogen-bond acceptors (Lipinski definition) is 5. The summed E-state index contributed by atoms with van der Waals surface area (Å²) in [4.78, 5) is 18.9. The molecular weight excluding hydrogens is 346 g/mol. The van der Waals surface area contributed by atoms with Gasteiger partial charge < -0.3 is 15.3 Å². The van der Waals surface area contributed by atoms with Gasteiger partial charge in [0.2, 0.25) is 0 Å². The average molecular weight is 366 g/mol. The molecular formula is C17H20ClN3O2S. The van der Waals surface area contributed by atoms with Crippen LogP contribution in [0.2, 0.25) is 4.47 Å². The van der Waals surface area contributed by atoms with Crippen LogP contribution >= 0.6 is 22.9 Å². The predicted octanol–water partition coefficient (Wildman–Crippen LogP) is 4.34. The van der Waals surface area contributed by atoms with E-state index in [1.54, 1.807) is 12.3 Å². The molecule has 1 aliphatic rings. The van der Waals surface area contributed by atoms with Gasteiger partial charge in [-0.25, -0.2) is 9.78 Å². The SMILES string of the molecule is CC1CCN(c2ccc(NCc3cnc(Cl)s3)cc2C(=O)O)CC1. The molecule has 1 fully saturated rings. The Balaban J connectivity index is 1.75. The Labute approximate surface area is 150 Å². The monoisotopic (exact) mass is 365 g/mol. The molecule has 1 aromatic carbocycles. The summed E-state index contributed by atoms with van der Waals surface area (Å²) in [7, 11) is 0. The van der Waals surface area contributed by atoms with Crippen molar-refractivity contribution in [2.24, 2.45) is 5.92 Å². The fourth-order valence-corrected chi connectivity index (χ4v) is 3.81. The Morgan fingerprint density at radius 1 is 1.46 bits per heavy atom. The Hall–Kier alpha value is -1.79. The smallest absolute Gasteiger partial charge is 0.337 e. The molecule has 0 unspecified atom stereocenters.